The second-order valence-corrected chi connectivity index (χ2v) is 5.55. The molecule has 0 bridgehead atoms. The van der Waals surface area contributed by atoms with Crippen LogP contribution in [-0.4, -0.2) is 18.3 Å². The van der Waals surface area contributed by atoms with E-state index in [4.69, 9.17) is 0 Å². The Morgan fingerprint density at radius 3 is 2.65 bits per heavy atom. The van der Waals surface area contributed by atoms with E-state index in [1.165, 1.54) is 36.0 Å². The quantitative estimate of drug-likeness (QED) is 0.819. The highest BCUT2D eigenvalue weighted by Crippen LogP contribution is 2.39. The highest BCUT2D eigenvalue weighted by molar-refractivity contribution is 5.30. The molecule has 1 aliphatic carbocycles. The van der Waals surface area contributed by atoms with Crippen molar-refractivity contribution in [3.8, 4) is 0 Å². The molecule has 0 atom stereocenters. The van der Waals surface area contributed by atoms with E-state index in [1.807, 2.05) is 0 Å². The lowest BCUT2D eigenvalue weighted by atomic mass is 9.69. The van der Waals surface area contributed by atoms with Gasteiger partial charge in [0, 0.05) is 25.1 Å². The summed E-state index contributed by atoms with van der Waals surface area (Å²) in [6.45, 7) is 6.46. The van der Waals surface area contributed by atoms with Crippen molar-refractivity contribution >= 4 is 0 Å². The summed E-state index contributed by atoms with van der Waals surface area (Å²) >= 11 is 0. The topological polar surface area (TPSA) is 32.3 Å². The van der Waals surface area contributed by atoms with Gasteiger partial charge in [-0.15, -0.1) is 0 Å². The number of rotatable bonds is 5. The van der Waals surface area contributed by atoms with Crippen molar-refractivity contribution in [2.75, 3.05) is 13.2 Å². The summed E-state index contributed by atoms with van der Waals surface area (Å²) in [6.07, 6.45) is 3.61. The summed E-state index contributed by atoms with van der Waals surface area (Å²) in [5.74, 6) is 0. The Balaban J connectivity index is 1.87. The van der Waals surface area contributed by atoms with Gasteiger partial charge in [-0.25, -0.2) is 0 Å². The van der Waals surface area contributed by atoms with Crippen LogP contribution in [0.5, 0.6) is 0 Å². The molecule has 0 radical (unpaired) electrons. The fourth-order valence-electron chi connectivity index (χ4n) is 2.52. The van der Waals surface area contributed by atoms with E-state index in [0.717, 1.165) is 13.1 Å². The number of hydrogen-bond acceptors (Lipinski definition) is 2. The Morgan fingerprint density at radius 1 is 1.29 bits per heavy atom. The zero-order valence-corrected chi connectivity index (χ0v) is 10.9. The van der Waals surface area contributed by atoms with Crippen LogP contribution in [0.2, 0.25) is 0 Å². The number of benzene rings is 1. The highest BCUT2D eigenvalue weighted by atomic mass is 16.3. The van der Waals surface area contributed by atoms with Crippen LogP contribution in [0.25, 0.3) is 0 Å². The number of aliphatic hydroxyl groups excluding tert-OH is 1. The molecule has 1 aliphatic rings. The van der Waals surface area contributed by atoms with Crippen LogP contribution < -0.4 is 5.32 Å². The van der Waals surface area contributed by atoms with Crippen LogP contribution in [-0.2, 0) is 6.54 Å². The maximum atomic E-state index is 9.39. The van der Waals surface area contributed by atoms with Crippen LogP contribution >= 0.6 is 0 Å². The highest BCUT2D eigenvalue weighted by Gasteiger charge is 2.35. The standard InChI is InChI=1S/C15H23NO/c1-12-4-5-13(2)14(8-12)9-16-10-15(11-17)6-3-7-15/h4-5,8,16-17H,3,6-7,9-11H2,1-2H3. The molecular weight excluding hydrogens is 210 g/mol. The van der Waals surface area contributed by atoms with Crippen molar-refractivity contribution in [1.82, 2.24) is 5.32 Å². The van der Waals surface area contributed by atoms with E-state index in [2.05, 4.69) is 37.4 Å². The number of hydrogen-bond donors (Lipinski definition) is 2. The van der Waals surface area contributed by atoms with Gasteiger partial charge >= 0.3 is 0 Å². The molecule has 2 nitrogen and oxygen atoms in total. The zero-order valence-electron chi connectivity index (χ0n) is 10.9. The monoisotopic (exact) mass is 233 g/mol. The van der Waals surface area contributed by atoms with Crippen molar-refractivity contribution in [1.29, 1.82) is 0 Å². The molecule has 17 heavy (non-hydrogen) atoms. The van der Waals surface area contributed by atoms with Crippen molar-refractivity contribution < 1.29 is 5.11 Å². The summed E-state index contributed by atoms with van der Waals surface area (Å²) in [5.41, 5.74) is 4.21. The molecule has 0 spiro atoms. The van der Waals surface area contributed by atoms with Gasteiger partial charge in [0.1, 0.15) is 0 Å². The first-order valence-corrected chi connectivity index (χ1v) is 6.53. The van der Waals surface area contributed by atoms with Gasteiger partial charge in [-0.1, -0.05) is 30.2 Å². The minimum Gasteiger partial charge on any atom is -0.396 e. The summed E-state index contributed by atoms with van der Waals surface area (Å²) in [5, 5.41) is 12.9. The van der Waals surface area contributed by atoms with Crippen LogP contribution in [0.3, 0.4) is 0 Å². The molecule has 0 saturated heterocycles. The van der Waals surface area contributed by atoms with Crippen molar-refractivity contribution in [2.45, 2.75) is 39.7 Å². The van der Waals surface area contributed by atoms with Gasteiger partial charge in [-0.05, 0) is 37.8 Å². The van der Waals surface area contributed by atoms with Crippen LogP contribution in [0.1, 0.15) is 36.0 Å². The van der Waals surface area contributed by atoms with Gasteiger partial charge in [-0.3, -0.25) is 0 Å². The normalized spacial score (nSPS) is 17.8. The fraction of sp³-hybridized carbons (Fsp3) is 0.600. The first kappa shape index (κ1) is 12.6. The van der Waals surface area contributed by atoms with Gasteiger partial charge in [0.15, 0.2) is 0 Å². The molecule has 1 aromatic carbocycles. The second kappa shape index (κ2) is 5.19. The Kier molecular flexibility index (Phi) is 3.85. The summed E-state index contributed by atoms with van der Waals surface area (Å²) in [7, 11) is 0. The van der Waals surface area contributed by atoms with Crippen LogP contribution in [0, 0.1) is 19.3 Å². The Morgan fingerprint density at radius 2 is 2.06 bits per heavy atom. The van der Waals surface area contributed by atoms with Gasteiger partial charge in [0.2, 0.25) is 0 Å². The molecule has 2 heteroatoms. The number of aliphatic hydroxyl groups is 1. The maximum absolute atomic E-state index is 9.39. The lowest BCUT2D eigenvalue weighted by Gasteiger charge is -2.40. The van der Waals surface area contributed by atoms with Crippen LogP contribution in [0.15, 0.2) is 18.2 Å². The minimum atomic E-state index is 0.178. The molecule has 94 valence electrons. The Bertz CT molecular complexity index is 377. The average molecular weight is 233 g/mol. The fourth-order valence-corrected chi connectivity index (χ4v) is 2.52. The first-order chi connectivity index (χ1) is 8.15. The predicted octanol–water partition coefficient (Wildman–Crippen LogP) is 2.56. The SMILES string of the molecule is Cc1ccc(C)c(CNCC2(CO)CCC2)c1. The van der Waals surface area contributed by atoms with Crippen molar-refractivity contribution in [2.24, 2.45) is 5.41 Å². The minimum absolute atomic E-state index is 0.178. The van der Waals surface area contributed by atoms with E-state index in [0.29, 0.717) is 6.61 Å². The van der Waals surface area contributed by atoms with E-state index in [9.17, 15) is 5.11 Å². The smallest absolute Gasteiger partial charge is 0.0499 e. The van der Waals surface area contributed by atoms with E-state index in [-0.39, 0.29) is 5.41 Å². The molecule has 0 aromatic heterocycles. The summed E-state index contributed by atoms with van der Waals surface area (Å²) < 4.78 is 0. The number of nitrogens with one attached hydrogen (secondary N) is 1. The third kappa shape index (κ3) is 2.88. The molecule has 0 heterocycles. The molecule has 0 unspecified atom stereocenters. The summed E-state index contributed by atoms with van der Waals surface area (Å²) in [4.78, 5) is 0. The lowest BCUT2D eigenvalue weighted by Crippen LogP contribution is -2.42. The molecule has 0 amide bonds. The van der Waals surface area contributed by atoms with E-state index in [1.54, 1.807) is 0 Å². The molecule has 2 N–H and O–H groups in total. The third-order valence-corrected chi connectivity index (χ3v) is 4.07. The first-order valence-electron chi connectivity index (χ1n) is 6.53. The van der Waals surface area contributed by atoms with Crippen LogP contribution in [0.4, 0.5) is 0 Å². The second-order valence-electron chi connectivity index (χ2n) is 5.55. The van der Waals surface area contributed by atoms with Gasteiger partial charge in [0.05, 0.1) is 0 Å². The largest absolute Gasteiger partial charge is 0.396 e. The molecular formula is C15H23NO. The molecule has 1 fully saturated rings. The number of aryl methyl sites for hydroxylation is 2. The third-order valence-electron chi connectivity index (χ3n) is 4.07. The molecule has 1 aromatic rings. The zero-order chi connectivity index (χ0) is 12.3. The summed E-state index contributed by atoms with van der Waals surface area (Å²) in [6, 6.07) is 6.58. The van der Waals surface area contributed by atoms with Crippen molar-refractivity contribution in [3.63, 3.8) is 0 Å². The Labute approximate surface area is 104 Å². The molecule has 2 rings (SSSR count). The van der Waals surface area contributed by atoms with Crippen molar-refractivity contribution in [3.05, 3.63) is 34.9 Å². The lowest BCUT2D eigenvalue weighted by molar-refractivity contribution is 0.0445. The predicted molar refractivity (Wildman–Crippen MR) is 71.0 cm³/mol. The Hall–Kier alpha value is -0.860. The molecule has 1 saturated carbocycles. The molecule has 0 aliphatic heterocycles. The van der Waals surface area contributed by atoms with Gasteiger partial charge in [-0.2, -0.15) is 0 Å². The van der Waals surface area contributed by atoms with Gasteiger partial charge in [0.25, 0.3) is 0 Å². The van der Waals surface area contributed by atoms with Gasteiger partial charge < -0.3 is 10.4 Å². The van der Waals surface area contributed by atoms with E-state index >= 15 is 0 Å². The van der Waals surface area contributed by atoms with E-state index < -0.39 is 0 Å². The average Bonchev–Trinajstić information content (AvgIpc) is 2.27. The maximum Gasteiger partial charge on any atom is 0.0499 e.